The van der Waals surface area contributed by atoms with Crippen LogP contribution < -0.4 is 4.74 Å². The van der Waals surface area contributed by atoms with Crippen molar-refractivity contribution in [1.29, 1.82) is 0 Å². The van der Waals surface area contributed by atoms with E-state index in [1.54, 1.807) is 23.1 Å². The smallest absolute Gasteiger partial charge is 0.339 e. The minimum Gasteiger partial charge on any atom is -0.483 e. The monoisotopic (exact) mass is 277 g/mol. The van der Waals surface area contributed by atoms with Crippen LogP contribution in [0.1, 0.15) is 36.0 Å². The Morgan fingerprint density at radius 2 is 1.75 bits per heavy atom. The minimum atomic E-state index is -1.05. The van der Waals surface area contributed by atoms with Crippen LogP contribution in [0.3, 0.4) is 0 Å². The van der Waals surface area contributed by atoms with Gasteiger partial charge in [-0.15, -0.1) is 0 Å². The molecule has 0 aliphatic carbocycles. The van der Waals surface area contributed by atoms with E-state index in [-0.39, 0.29) is 23.8 Å². The SMILES string of the molecule is O=C(O)c1ccccc1OCC(=O)N1CCCCCC1. The number of hydrogen-bond acceptors (Lipinski definition) is 3. The fraction of sp³-hybridized carbons (Fsp3) is 0.467. The normalized spacial score (nSPS) is 15.5. The second-order valence-corrected chi connectivity index (χ2v) is 4.88. The molecule has 1 aromatic carbocycles. The number of carboxylic acid groups (broad SMARTS) is 1. The van der Waals surface area contributed by atoms with Crippen molar-refractivity contribution in [1.82, 2.24) is 4.90 Å². The van der Waals surface area contributed by atoms with Gasteiger partial charge in [-0.3, -0.25) is 4.79 Å². The maximum atomic E-state index is 12.1. The van der Waals surface area contributed by atoms with Gasteiger partial charge in [0, 0.05) is 13.1 Å². The lowest BCUT2D eigenvalue weighted by Gasteiger charge is -2.20. The van der Waals surface area contributed by atoms with Crippen LogP contribution in [0.4, 0.5) is 0 Å². The summed E-state index contributed by atoms with van der Waals surface area (Å²) in [6.07, 6.45) is 4.37. The number of benzene rings is 1. The first-order valence-electron chi connectivity index (χ1n) is 6.91. The molecule has 108 valence electrons. The highest BCUT2D eigenvalue weighted by atomic mass is 16.5. The molecule has 0 atom stereocenters. The Labute approximate surface area is 118 Å². The molecule has 20 heavy (non-hydrogen) atoms. The number of para-hydroxylation sites is 1. The summed E-state index contributed by atoms with van der Waals surface area (Å²) in [7, 11) is 0. The number of carbonyl (C=O) groups is 2. The van der Waals surface area contributed by atoms with Crippen molar-refractivity contribution in [2.75, 3.05) is 19.7 Å². The molecule has 1 heterocycles. The summed E-state index contributed by atoms with van der Waals surface area (Å²) in [4.78, 5) is 24.9. The molecule has 1 saturated heterocycles. The number of amides is 1. The number of rotatable bonds is 4. The lowest BCUT2D eigenvalue weighted by Crippen LogP contribution is -2.35. The molecule has 1 amide bonds. The van der Waals surface area contributed by atoms with E-state index in [0.29, 0.717) is 0 Å². The van der Waals surface area contributed by atoms with Crippen molar-refractivity contribution in [3.8, 4) is 5.75 Å². The van der Waals surface area contributed by atoms with Crippen molar-refractivity contribution < 1.29 is 19.4 Å². The van der Waals surface area contributed by atoms with E-state index in [1.807, 2.05) is 0 Å². The second kappa shape index (κ2) is 6.93. The Bertz CT molecular complexity index is 479. The fourth-order valence-electron chi connectivity index (χ4n) is 2.32. The summed E-state index contributed by atoms with van der Waals surface area (Å²) in [5, 5.41) is 9.04. The van der Waals surface area contributed by atoms with Crippen molar-refractivity contribution in [3.05, 3.63) is 29.8 Å². The van der Waals surface area contributed by atoms with Gasteiger partial charge in [-0.25, -0.2) is 4.79 Å². The summed E-state index contributed by atoms with van der Waals surface area (Å²) in [6.45, 7) is 1.43. The molecular formula is C15H19NO4. The van der Waals surface area contributed by atoms with E-state index < -0.39 is 5.97 Å². The van der Waals surface area contributed by atoms with Crippen LogP contribution in [-0.4, -0.2) is 41.6 Å². The molecule has 1 fully saturated rings. The zero-order valence-corrected chi connectivity index (χ0v) is 11.4. The molecule has 5 nitrogen and oxygen atoms in total. The zero-order valence-electron chi connectivity index (χ0n) is 11.4. The van der Waals surface area contributed by atoms with Gasteiger partial charge in [0.05, 0.1) is 0 Å². The van der Waals surface area contributed by atoms with Crippen LogP contribution in [0.25, 0.3) is 0 Å². The van der Waals surface area contributed by atoms with Crippen molar-refractivity contribution in [3.63, 3.8) is 0 Å². The van der Waals surface area contributed by atoms with E-state index in [2.05, 4.69) is 0 Å². The Kier molecular flexibility index (Phi) is 4.98. The number of nitrogens with zero attached hydrogens (tertiary/aromatic N) is 1. The highest BCUT2D eigenvalue weighted by Gasteiger charge is 2.17. The number of carboxylic acids is 1. The third-order valence-corrected chi connectivity index (χ3v) is 3.43. The van der Waals surface area contributed by atoms with Crippen LogP contribution in [0.2, 0.25) is 0 Å². The van der Waals surface area contributed by atoms with E-state index >= 15 is 0 Å². The number of carbonyl (C=O) groups excluding carboxylic acids is 1. The lowest BCUT2D eigenvalue weighted by atomic mass is 10.2. The quantitative estimate of drug-likeness (QED) is 0.916. The predicted octanol–water partition coefficient (Wildman–Crippen LogP) is 2.17. The van der Waals surface area contributed by atoms with Gasteiger partial charge >= 0.3 is 5.97 Å². The molecule has 1 N–H and O–H groups in total. The molecule has 0 bridgehead atoms. The van der Waals surface area contributed by atoms with Crippen molar-refractivity contribution in [2.45, 2.75) is 25.7 Å². The summed E-state index contributed by atoms with van der Waals surface area (Å²) in [6, 6.07) is 6.36. The zero-order chi connectivity index (χ0) is 14.4. The standard InChI is InChI=1S/C15H19NO4/c17-14(16-9-5-1-2-6-10-16)11-20-13-8-4-3-7-12(13)15(18)19/h3-4,7-8H,1-2,5-6,9-11H2,(H,18,19). The summed E-state index contributed by atoms with van der Waals surface area (Å²) < 4.78 is 5.38. The van der Waals surface area contributed by atoms with Gasteiger partial charge in [-0.1, -0.05) is 25.0 Å². The first-order valence-corrected chi connectivity index (χ1v) is 6.91. The molecule has 1 aromatic rings. The molecule has 0 aromatic heterocycles. The molecule has 0 unspecified atom stereocenters. The number of likely N-dealkylation sites (tertiary alicyclic amines) is 1. The van der Waals surface area contributed by atoms with E-state index in [1.165, 1.54) is 6.07 Å². The van der Waals surface area contributed by atoms with Gasteiger partial charge in [-0.2, -0.15) is 0 Å². The average molecular weight is 277 g/mol. The number of ether oxygens (including phenoxy) is 1. The van der Waals surface area contributed by atoms with Gasteiger partial charge in [0.25, 0.3) is 5.91 Å². The van der Waals surface area contributed by atoms with Gasteiger partial charge < -0.3 is 14.7 Å². The second-order valence-electron chi connectivity index (χ2n) is 4.88. The highest BCUT2D eigenvalue weighted by Crippen LogP contribution is 2.18. The fourth-order valence-corrected chi connectivity index (χ4v) is 2.32. The van der Waals surface area contributed by atoms with Crippen molar-refractivity contribution >= 4 is 11.9 Å². The van der Waals surface area contributed by atoms with Crippen LogP contribution in [0.15, 0.2) is 24.3 Å². The maximum absolute atomic E-state index is 12.1. The molecular weight excluding hydrogens is 258 g/mol. The number of hydrogen-bond donors (Lipinski definition) is 1. The van der Waals surface area contributed by atoms with Crippen LogP contribution in [-0.2, 0) is 4.79 Å². The lowest BCUT2D eigenvalue weighted by molar-refractivity contribution is -0.133. The number of aromatic carboxylic acids is 1. The van der Waals surface area contributed by atoms with Crippen molar-refractivity contribution in [2.24, 2.45) is 0 Å². The molecule has 0 spiro atoms. The maximum Gasteiger partial charge on any atom is 0.339 e. The van der Waals surface area contributed by atoms with Gasteiger partial charge in [-0.05, 0) is 25.0 Å². The largest absolute Gasteiger partial charge is 0.483 e. The Hall–Kier alpha value is -2.04. The van der Waals surface area contributed by atoms with Crippen LogP contribution in [0.5, 0.6) is 5.75 Å². The van der Waals surface area contributed by atoms with E-state index in [9.17, 15) is 9.59 Å². The van der Waals surface area contributed by atoms with E-state index in [0.717, 1.165) is 38.8 Å². The minimum absolute atomic E-state index is 0.0768. The van der Waals surface area contributed by atoms with Gasteiger partial charge in [0.2, 0.25) is 0 Å². The van der Waals surface area contributed by atoms with Gasteiger partial charge in [0.15, 0.2) is 6.61 Å². The summed E-state index contributed by atoms with van der Waals surface area (Å²) in [5.41, 5.74) is 0.0798. The predicted molar refractivity (Wildman–Crippen MR) is 73.9 cm³/mol. The molecule has 1 aliphatic heterocycles. The summed E-state index contributed by atoms with van der Waals surface area (Å²) in [5.74, 6) is -0.891. The first-order chi connectivity index (χ1) is 9.68. The first kappa shape index (κ1) is 14.4. The van der Waals surface area contributed by atoms with Crippen LogP contribution >= 0.6 is 0 Å². The van der Waals surface area contributed by atoms with Gasteiger partial charge in [0.1, 0.15) is 11.3 Å². The molecule has 5 heteroatoms. The Morgan fingerprint density at radius 3 is 2.40 bits per heavy atom. The van der Waals surface area contributed by atoms with E-state index in [4.69, 9.17) is 9.84 Å². The molecule has 2 rings (SSSR count). The summed E-state index contributed by atoms with van der Waals surface area (Å²) >= 11 is 0. The topological polar surface area (TPSA) is 66.8 Å². The third-order valence-electron chi connectivity index (χ3n) is 3.43. The van der Waals surface area contributed by atoms with Crippen LogP contribution in [0, 0.1) is 0 Å². The average Bonchev–Trinajstić information content (AvgIpc) is 2.74. The Morgan fingerprint density at radius 1 is 1.10 bits per heavy atom. The Balaban J connectivity index is 1.94. The molecule has 0 radical (unpaired) electrons. The molecule has 1 aliphatic rings. The highest BCUT2D eigenvalue weighted by molar-refractivity contribution is 5.91. The molecule has 0 saturated carbocycles. The third kappa shape index (κ3) is 3.73.